The first-order chi connectivity index (χ1) is 7.27. The Kier molecular flexibility index (Phi) is 3.07. The second-order valence-electron chi connectivity index (χ2n) is 3.42. The molecule has 0 N–H and O–H groups in total. The van der Waals surface area contributed by atoms with Crippen molar-refractivity contribution in [2.24, 2.45) is 0 Å². The summed E-state index contributed by atoms with van der Waals surface area (Å²) in [6.07, 6.45) is 0. The molecular formula is C13H12OS. The minimum atomic E-state index is 0.169. The normalized spacial score (nSPS) is 10.5. The number of rotatable bonds is 2. The van der Waals surface area contributed by atoms with E-state index in [1.807, 2.05) is 18.2 Å². The average molecular weight is 216 g/mol. The predicted octanol–water partition coefficient (Wildman–Crippen LogP) is 3.62. The standard InChI is InChI=1S/C13H12OS/c1-10(14)15-9-12-7-4-6-11-5-2-3-8-13(11)12/h2-8H,9H2,1H3. The first-order valence-electron chi connectivity index (χ1n) is 4.87. The number of thioether (sulfide) groups is 1. The van der Waals surface area contributed by atoms with E-state index in [4.69, 9.17) is 0 Å². The van der Waals surface area contributed by atoms with E-state index >= 15 is 0 Å². The summed E-state index contributed by atoms with van der Waals surface area (Å²) in [5.41, 5.74) is 1.23. The molecule has 2 aromatic rings. The Labute approximate surface area is 93.5 Å². The van der Waals surface area contributed by atoms with Gasteiger partial charge < -0.3 is 0 Å². The summed E-state index contributed by atoms with van der Waals surface area (Å²) < 4.78 is 0. The van der Waals surface area contributed by atoms with Crippen LogP contribution in [-0.4, -0.2) is 5.12 Å². The zero-order chi connectivity index (χ0) is 10.7. The molecule has 0 heterocycles. The second kappa shape index (κ2) is 4.49. The maximum atomic E-state index is 10.9. The Hall–Kier alpha value is -1.28. The van der Waals surface area contributed by atoms with Crippen molar-refractivity contribution in [2.45, 2.75) is 12.7 Å². The number of carbonyl (C=O) groups is 1. The summed E-state index contributed by atoms with van der Waals surface area (Å²) in [6, 6.07) is 14.5. The maximum absolute atomic E-state index is 10.9. The Morgan fingerprint density at radius 3 is 2.67 bits per heavy atom. The molecule has 0 aliphatic carbocycles. The molecule has 2 aromatic carbocycles. The number of hydrogen-bond donors (Lipinski definition) is 0. The molecule has 0 aromatic heterocycles. The second-order valence-corrected chi connectivity index (χ2v) is 4.57. The van der Waals surface area contributed by atoms with Gasteiger partial charge in [-0.3, -0.25) is 4.79 Å². The fourth-order valence-corrected chi connectivity index (χ4v) is 2.21. The van der Waals surface area contributed by atoms with Gasteiger partial charge in [0.15, 0.2) is 5.12 Å². The minimum Gasteiger partial charge on any atom is -0.288 e. The molecule has 0 atom stereocenters. The Balaban J connectivity index is 2.38. The molecule has 0 radical (unpaired) electrons. The van der Waals surface area contributed by atoms with Gasteiger partial charge in [-0.15, -0.1) is 0 Å². The van der Waals surface area contributed by atoms with Crippen molar-refractivity contribution in [1.82, 2.24) is 0 Å². The fourth-order valence-electron chi connectivity index (χ4n) is 1.60. The van der Waals surface area contributed by atoms with E-state index < -0.39 is 0 Å². The van der Waals surface area contributed by atoms with E-state index in [0.717, 1.165) is 5.75 Å². The Bertz CT molecular complexity index is 485. The molecule has 0 spiro atoms. The van der Waals surface area contributed by atoms with Crippen LogP contribution in [0.25, 0.3) is 10.8 Å². The zero-order valence-corrected chi connectivity index (χ0v) is 9.38. The number of hydrogen-bond acceptors (Lipinski definition) is 2. The molecule has 0 saturated heterocycles. The van der Waals surface area contributed by atoms with Gasteiger partial charge in [0.25, 0.3) is 0 Å². The summed E-state index contributed by atoms with van der Waals surface area (Å²) in [4.78, 5) is 10.9. The zero-order valence-electron chi connectivity index (χ0n) is 8.57. The minimum absolute atomic E-state index is 0.169. The van der Waals surface area contributed by atoms with Crippen molar-refractivity contribution >= 4 is 27.6 Å². The van der Waals surface area contributed by atoms with Crippen molar-refractivity contribution in [3.05, 3.63) is 48.0 Å². The molecule has 0 fully saturated rings. The summed E-state index contributed by atoms with van der Waals surface area (Å²) in [7, 11) is 0. The maximum Gasteiger partial charge on any atom is 0.186 e. The quantitative estimate of drug-likeness (QED) is 0.762. The van der Waals surface area contributed by atoms with Gasteiger partial charge in [0.1, 0.15) is 0 Å². The van der Waals surface area contributed by atoms with Crippen molar-refractivity contribution in [3.63, 3.8) is 0 Å². The molecule has 0 aliphatic rings. The highest BCUT2D eigenvalue weighted by Crippen LogP contribution is 2.22. The van der Waals surface area contributed by atoms with Gasteiger partial charge in [-0.25, -0.2) is 0 Å². The van der Waals surface area contributed by atoms with Crippen LogP contribution in [0.15, 0.2) is 42.5 Å². The van der Waals surface area contributed by atoms with Crippen molar-refractivity contribution in [2.75, 3.05) is 0 Å². The Morgan fingerprint density at radius 1 is 1.13 bits per heavy atom. The molecule has 0 aliphatic heterocycles. The molecule has 76 valence electrons. The van der Waals surface area contributed by atoms with Crippen LogP contribution in [0.5, 0.6) is 0 Å². The predicted molar refractivity (Wildman–Crippen MR) is 65.9 cm³/mol. The van der Waals surface area contributed by atoms with Crippen LogP contribution < -0.4 is 0 Å². The molecule has 2 heteroatoms. The molecular weight excluding hydrogens is 204 g/mol. The average Bonchev–Trinajstić information content (AvgIpc) is 2.26. The van der Waals surface area contributed by atoms with Gasteiger partial charge in [0, 0.05) is 12.7 Å². The number of carbonyl (C=O) groups excluding carboxylic acids is 1. The van der Waals surface area contributed by atoms with Crippen LogP contribution in [0, 0.1) is 0 Å². The largest absolute Gasteiger partial charge is 0.288 e. The summed E-state index contributed by atoms with van der Waals surface area (Å²) in [5.74, 6) is 0.761. The van der Waals surface area contributed by atoms with Gasteiger partial charge in [0.05, 0.1) is 0 Å². The van der Waals surface area contributed by atoms with E-state index in [-0.39, 0.29) is 5.12 Å². The number of fused-ring (bicyclic) bond motifs is 1. The first kappa shape index (κ1) is 10.2. The molecule has 0 saturated carbocycles. The van der Waals surface area contributed by atoms with Gasteiger partial charge in [-0.05, 0) is 16.3 Å². The lowest BCUT2D eigenvalue weighted by Gasteiger charge is -2.04. The van der Waals surface area contributed by atoms with Crippen molar-refractivity contribution in [1.29, 1.82) is 0 Å². The SMILES string of the molecule is CC(=O)SCc1cccc2ccccc12. The summed E-state index contributed by atoms with van der Waals surface area (Å²) in [6.45, 7) is 1.61. The van der Waals surface area contributed by atoms with E-state index in [1.165, 1.54) is 28.1 Å². The van der Waals surface area contributed by atoms with E-state index in [0.29, 0.717) is 0 Å². The third kappa shape index (κ3) is 2.39. The highest BCUT2D eigenvalue weighted by atomic mass is 32.2. The third-order valence-corrected chi connectivity index (χ3v) is 3.17. The lowest BCUT2D eigenvalue weighted by Crippen LogP contribution is -1.87. The van der Waals surface area contributed by atoms with Crippen LogP contribution in [0.2, 0.25) is 0 Å². The van der Waals surface area contributed by atoms with Gasteiger partial charge >= 0.3 is 0 Å². The molecule has 0 unspecified atom stereocenters. The highest BCUT2D eigenvalue weighted by Gasteiger charge is 2.01. The highest BCUT2D eigenvalue weighted by molar-refractivity contribution is 8.12. The van der Waals surface area contributed by atoms with Gasteiger partial charge in [-0.2, -0.15) is 0 Å². The van der Waals surface area contributed by atoms with Crippen LogP contribution in [-0.2, 0) is 10.5 Å². The van der Waals surface area contributed by atoms with Crippen molar-refractivity contribution in [3.8, 4) is 0 Å². The van der Waals surface area contributed by atoms with Crippen LogP contribution in [0.1, 0.15) is 12.5 Å². The van der Waals surface area contributed by atoms with E-state index in [1.54, 1.807) is 6.92 Å². The van der Waals surface area contributed by atoms with Crippen LogP contribution in [0.4, 0.5) is 0 Å². The monoisotopic (exact) mass is 216 g/mol. The lowest BCUT2D eigenvalue weighted by molar-refractivity contribution is -0.109. The summed E-state index contributed by atoms with van der Waals surface area (Å²) >= 11 is 1.36. The first-order valence-corrected chi connectivity index (χ1v) is 5.86. The van der Waals surface area contributed by atoms with E-state index in [2.05, 4.69) is 24.3 Å². The molecule has 0 amide bonds. The van der Waals surface area contributed by atoms with Crippen LogP contribution >= 0.6 is 11.8 Å². The van der Waals surface area contributed by atoms with Crippen LogP contribution in [0.3, 0.4) is 0 Å². The molecule has 15 heavy (non-hydrogen) atoms. The third-order valence-electron chi connectivity index (χ3n) is 2.31. The van der Waals surface area contributed by atoms with E-state index in [9.17, 15) is 4.79 Å². The molecule has 1 nitrogen and oxygen atoms in total. The van der Waals surface area contributed by atoms with Crippen molar-refractivity contribution < 1.29 is 4.79 Å². The Morgan fingerprint density at radius 2 is 1.87 bits per heavy atom. The lowest BCUT2D eigenvalue weighted by atomic mass is 10.1. The van der Waals surface area contributed by atoms with Gasteiger partial charge in [0.2, 0.25) is 0 Å². The topological polar surface area (TPSA) is 17.1 Å². The molecule has 2 rings (SSSR count). The number of benzene rings is 2. The molecule has 0 bridgehead atoms. The fraction of sp³-hybridized carbons (Fsp3) is 0.154. The van der Waals surface area contributed by atoms with Gasteiger partial charge in [-0.1, -0.05) is 54.2 Å². The smallest absolute Gasteiger partial charge is 0.186 e. The summed E-state index contributed by atoms with van der Waals surface area (Å²) in [5, 5.41) is 2.65.